The van der Waals surface area contributed by atoms with Crippen LogP contribution < -0.4 is 9.46 Å². The fourth-order valence-electron chi connectivity index (χ4n) is 2.45. The average molecular weight is 378 g/mol. The molecule has 1 unspecified atom stereocenters. The third-order valence-corrected chi connectivity index (χ3v) is 5.17. The van der Waals surface area contributed by atoms with Gasteiger partial charge in [-0.05, 0) is 31.4 Å². The van der Waals surface area contributed by atoms with E-state index in [0.717, 1.165) is 5.56 Å². The molecule has 2 N–H and O–H groups in total. The predicted octanol–water partition coefficient (Wildman–Crippen LogP) is 2.23. The van der Waals surface area contributed by atoms with Crippen LogP contribution in [0.4, 0.5) is 0 Å². The first-order valence-corrected chi connectivity index (χ1v) is 9.76. The van der Waals surface area contributed by atoms with Crippen molar-refractivity contribution in [2.75, 3.05) is 6.61 Å². The number of ether oxygens (including phenoxy) is 1. The van der Waals surface area contributed by atoms with Crippen molar-refractivity contribution in [1.82, 2.24) is 9.71 Å². The van der Waals surface area contributed by atoms with Crippen molar-refractivity contribution in [3.8, 4) is 5.88 Å². The number of rotatable bonds is 10. The summed E-state index contributed by atoms with van der Waals surface area (Å²) in [6.07, 6.45) is 1.69. The summed E-state index contributed by atoms with van der Waals surface area (Å²) in [5.41, 5.74) is 0.926. The second-order valence-electron chi connectivity index (χ2n) is 5.71. The van der Waals surface area contributed by atoms with E-state index in [1.807, 2.05) is 37.3 Å². The van der Waals surface area contributed by atoms with Gasteiger partial charge in [0.25, 0.3) is 0 Å². The van der Waals surface area contributed by atoms with Crippen LogP contribution >= 0.6 is 0 Å². The van der Waals surface area contributed by atoms with Crippen molar-refractivity contribution in [3.63, 3.8) is 0 Å². The van der Waals surface area contributed by atoms with Gasteiger partial charge in [-0.25, -0.2) is 18.1 Å². The fraction of sp³-hybridized carbons (Fsp3) is 0.333. The van der Waals surface area contributed by atoms with Gasteiger partial charge < -0.3 is 9.84 Å². The van der Waals surface area contributed by atoms with Crippen LogP contribution in [0.3, 0.4) is 0 Å². The summed E-state index contributed by atoms with van der Waals surface area (Å²) in [6, 6.07) is 11.7. The van der Waals surface area contributed by atoms with Crippen molar-refractivity contribution in [2.24, 2.45) is 0 Å². The lowest BCUT2D eigenvalue weighted by Crippen LogP contribution is -2.37. The number of carboxylic acids is 1. The lowest BCUT2D eigenvalue weighted by atomic mass is 10.0. The van der Waals surface area contributed by atoms with Crippen molar-refractivity contribution in [3.05, 3.63) is 54.2 Å². The van der Waals surface area contributed by atoms with Crippen LogP contribution in [0.1, 0.15) is 25.3 Å². The van der Waals surface area contributed by atoms with Crippen LogP contribution in [0.5, 0.6) is 5.88 Å². The number of hydrogen-bond acceptors (Lipinski definition) is 5. The normalized spacial score (nSPS) is 12.5. The summed E-state index contributed by atoms with van der Waals surface area (Å²) in [4.78, 5) is 14.9. The first kappa shape index (κ1) is 19.9. The van der Waals surface area contributed by atoms with Crippen LogP contribution in [0.2, 0.25) is 0 Å². The van der Waals surface area contributed by atoms with Crippen LogP contribution in [0.15, 0.2) is 53.6 Å². The molecular formula is C18H22N2O5S. The standard InChI is InChI=1S/C18H22N2O5S/c1-2-25-17-10-9-16(13-19-17)26(23,24)20-15(8-11-18(21)22)12-14-6-4-3-5-7-14/h3-7,9-10,13,15,20H,2,8,11-12H2,1H3,(H,21,22). The van der Waals surface area contributed by atoms with Crippen LogP contribution in [-0.4, -0.2) is 37.1 Å². The van der Waals surface area contributed by atoms with Gasteiger partial charge in [0.05, 0.1) is 12.8 Å². The molecule has 0 saturated carbocycles. The Morgan fingerprint density at radius 1 is 1.23 bits per heavy atom. The summed E-state index contributed by atoms with van der Waals surface area (Å²) in [5, 5.41) is 8.92. The zero-order valence-electron chi connectivity index (χ0n) is 14.5. The minimum Gasteiger partial charge on any atom is -0.481 e. The third kappa shape index (κ3) is 6.12. The van der Waals surface area contributed by atoms with E-state index < -0.39 is 22.0 Å². The molecule has 0 fully saturated rings. The number of nitrogens with one attached hydrogen (secondary N) is 1. The summed E-state index contributed by atoms with van der Waals surface area (Å²) < 4.78 is 33.0. The molecule has 0 aliphatic carbocycles. The van der Waals surface area contributed by atoms with E-state index in [4.69, 9.17) is 9.84 Å². The maximum absolute atomic E-state index is 12.6. The highest BCUT2D eigenvalue weighted by Gasteiger charge is 2.21. The fourth-order valence-corrected chi connectivity index (χ4v) is 3.66. The molecule has 0 aliphatic heterocycles. The number of hydrogen-bond donors (Lipinski definition) is 2. The Bertz CT molecular complexity index is 807. The largest absolute Gasteiger partial charge is 0.481 e. The number of carbonyl (C=O) groups is 1. The molecule has 0 saturated heterocycles. The molecule has 26 heavy (non-hydrogen) atoms. The smallest absolute Gasteiger partial charge is 0.303 e. The molecule has 1 aromatic carbocycles. The summed E-state index contributed by atoms with van der Waals surface area (Å²) in [6.45, 7) is 2.25. The number of aromatic nitrogens is 1. The van der Waals surface area contributed by atoms with E-state index in [1.54, 1.807) is 0 Å². The number of pyridine rings is 1. The molecule has 140 valence electrons. The SMILES string of the molecule is CCOc1ccc(S(=O)(=O)NC(CCC(=O)O)Cc2ccccc2)cn1. The van der Waals surface area contributed by atoms with Gasteiger partial charge in [0.2, 0.25) is 15.9 Å². The van der Waals surface area contributed by atoms with E-state index in [-0.39, 0.29) is 17.7 Å². The Balaban J connectivity index is 2.14. The predicted molar refractivity (Wildman–Crippen MR) is 96.5 cm³/mol. The summed E-state index contributed by atoms with van der Waals surface area (Å²) in [7, 11) is -3.82. The van der Waals surface area contributed by atoms with Gasteiger partial charge in [-0.1, -0.05) is 30.3 Å². The number of nitrogens with zero attached hydrogens (tertiary/aromatic N) is 1. The number of sulfonamides is 1. The zero-order chi connectivity index (χ0) is 19.0. The van der Waals surface area contributed by atoms with E-state index in [0.29, 0.717) is 18.9 Å². The molecule has 2 rings (SSSR count). The molecule has 1 aromatic heterocycles. The van der Waals surface area contributed by atoms with Crippen LogP contribution in [0, 0.1) is 0 Å². The molecule has 8 heteroatoms. The zero-order valence-corrected chi connectivity index (χ0v) is 15.3. The molecule has 1 heterocycles. The second-order valence-corrected chi connectivity index (χ2v) is 7.42. The highest BCUT2D eigenvalue weighted by Crippen LogP contribution is 2.15. The third-order valence-electron chi connectivity index (χ3n) is 3.67. The minimum absolute atomic E-state index is 0.00865. The van der Waals surface area contributed by atoms with Gasteiger partial charge >= 0.3 is 5.97 Å². The lowest BCUT2D eigenvalue weighted by molar-refractivity contribution is -0.137. The van der Waals surface area contributed by atoms with Gasteiger partial charge in [0, 0.05) is 18.5 Å². The molecular weight excluding hydrogens is 356 g/mol. The molecule has 0 bridgehead atoms. The number of benzene rings is 1. The Hall–Kier alpha value is -2.45. The van der Waals surface area contributed by atoms with Gasteiger partial charge in [-0.2, -0.15) is 0 Å². The van der Waals surface area contributed by atoms with Gasteiger partial charge in [-0.3, -0.25) is 4.79 Å². The Morgan fingerprint density at radius 2 is 1.96 bits per heavy atom. The van der Waals surface area contributed by atoms with E-state index in [1.165, 1.54) is 18.3 Å². The number of carboxylic acid groups (broad SMARTS) is 1. The van der Waals surface area contributed by atoms with E-state index in [9.17, 15) is 13.2 Å². The Kier molecular flexibility index (Phi) is 7.11. The molecule has 1 atom stereocenters. The van der Waals surface area contributed by atoms with Gasteiger partial charge in [-0.15, -0.1) is 0 Å². The van der Waals surface area contributed by atoms with Crippen LogP contribution in [-0.2, 0) is 21.2 Å². The van der Waals surface area contributed by atoms with Crippen LogP contribution in [0.25, 0.3) is 0 Å². The maximum atomic E-state index is 12.6. The second kappa shape index (κ2) is 9.30. The van der Waals surface area contributed by atoms with Gasteiger partial charge in [0.1, 0.15) is 4.90 Å². The highest BCUT2D eigenvalue weighted by molar-refractivity contribution is 7.89. The molecule has 7 nitrogen and oxygen atoms in total. The quantitative estimate of drug-likeness (QED) is 0.657. The van der Waals surface area contributed by atoms with E-state index >= 15 is 0 Å². The van der Waals surface area contributed by atoms with Crippen molar-refractivity contribution >= 4 is 16.0 Å². The highest BCUT2D eigenvalue weighted by atomic mass is 32.2. The Morgan fingerprint density at radius 3 is 2.54 bits per heavy atom. The van der Waals surface area contributed by atoms with E-state index in [2.05, 4.69) is 9.71 Å². The molecule has 2 aromatic rings. The van der Waals surface area contributed by atoms with Crippen molar-refractivity contribution in [1.29, 1.82) is 0 Å². The molecule has 0 radical (unpaired) electrons. The topological polar surface area (TPSA) is 106 Å². The maximum Gasteiger partial charge on any atom is 0.303 e. The summed E-state index contributed by atoms with van der Waals surface area (Å²) >= 11 is 0. The van der Waals surface area contributed by atoms with Gasteiger partial charge in [0.15, 0.2) is 0 Å². The van der Waals surface area contributed by atoms with Crippen molar-refractivity contribution in [2.45, 2.75) is 37.1 Å². The Labute approximate surface area is 153 Å². The monoisotopic (exact) mass is 378 g/mol. The lowest BCUT2D eigenvalue weighted by Gasteiger charge is -2.18. The minimum atomic E-state index is -3.82. The number of aliphatic carboxylic acids is 1. The molecule has 0 amide bonds. The molecule has 0 aliphatic rings. The van der Waals surface area contributed by atoms with Crippen molar-refractivity contribution < 1.29 is 23.1 Å². The molecule has 0 spiro atoms. The average Bonchev–Trinajstić information content (AvgIpc) is 2.61. The first-order chi connectivity index (χ1) is 12.4. The first-order valence-electron chi connectivity index (χ1n) is 8.27. The summed E-state index contributed by atoms with van der Waals surface area (Å²) in [5.74, 6) is -0.622.